The lowest BCUT2D eigenvalue weighted by Gasteiger charge is -2.20. The van der Waals surface area contributed by atoms with Crippen molar-refractivity contribution in [2.75, 3.05) is 20.1 Å². The van der Waals surface area contributed by atoms with E-state index in [0.29, 0.717) is 4.99 Å². The maximum Gasteiger partial charge on any atom is 0.0768 e. The van der Waals surface area contributed by atoms with Crippen molar-refractivity contribution in [3.05, 3.63) is 18.5 Å². The van der Waals surface area contributed by atoms with Gasteiger partial charge >= 0.3 is 0 Å². The van der Waals surface area contributed by atoms with Gasteiger partial charge < -0.3 is 10.6 Å². The molecule has 1 atom stereocenters. The molecule has 0 saturated heterocycles. The van der Waals surface area contributed by atoms with Crippen LogP contribution in [0.3, 0.4) is 0 Å². The highest BCUT2D eigenvalue weighted by Crippen LogP contribution is 1.98. The molecule has 1 unspecified atom stereocenters. The third-order valence-electron chi connectivity index (χ3n) is 2.34. The summed E-state index contributed by atoms with van der Waals surface area (Å²) < 4.78 is 1.92. The van der Waals surface area contributed by atoms with Gasteiger partial charge in [-0.1, -0.05) is 19.1 Å². The van der Waals surface area contributed by atoms with Crippen LogP contribution in [0.2, 0.25) is 0 Å². The summed E-state index contributed by atoms with van der Waals surface area (Å²) in [5.74, 6) is 0.266. The van der Waals surface area contributed by atoms with Gasteiger partial charge in [0.1, 0.15) is 0 Å². The molecule has 4 nitrogen and oxygen atoms in total. The summed E-state index contributed by atoms with van der Waals surface area (Å²) in [6.07, 6.45) is 3.75. The molecular weight excluding hydrogens is 208 g/mol. The van der Waals surface area contributed by atoms with E-state index in [4.69, 9.17) is 18.0 Å². The Labute approximate surface area is 96.1 Å². The SMILES string of the molecule is CC(CN(C)CCn1cccn1)C(N)=S. The topological polar surface area (TPSA) is 47.1 Å². The van der Waals surface area contributed by atoms with Gasteiger partial charge in [0.05, 0.1) is 11.5 Å². The summed E-state index contributed by atoms with van der Waals surface area (Å²) in [4.78, 5) is 2.80. The Morgan fingerprint density at radius 3 is 2.93 bits per heavy atom. The Kier molecular flexibility index (Phi) is 4.71. The molecule has 0 amide bonds. The Balaban J connectivity index is 2.24. The molecule has 1 aromatic heterocycles. The maximum absolute atomic E-state index is 5.56. The van der Waals surface area contributed by atoms with Crippen LogP contribution in [-0.2, 0) is 6.54 Å². The normalized spacial score (nSPS) is 13.0. The van der Waals surface area contributed by atoms with Crippen molar-refractivity contribution in [2.24, 2.45) is 11.7 Å². The predicted octanol–water partition coefficient (Wildman–Crippen LogP) is 0.737. The van der Waals surface area contributed by atoms with Crippen molar-refractivity contribution >= 4 is 17.2 Å². The minimum atomic E-state index is 0.266. The summed E-state index contributed by atoms with van der Waals surface area (Å²) in [5, 5.41) is 4.14. The quantitative estimate of drug-likeness (QED) is 0.727. The highest BCUT2D eigenvalue weighted by atomic mass is 32.1. The largest absolute Gasteiger partial charge is 0.393 e. The number of aromatic nitrogens is 2. The Morgan fingerprint density at radius 1 is 1.67 bits per heavy atom. The zero-order chi connectivity index (χ0) is 11.3. The fourth-order valence-corrected chi connectivity index (χ4v) is 1.43. The number of nitrogens with two attached hydrogens (primary N) is 1. The van der Waals surface area contributed by atoms with E-state index in [0.717, 1.165) is 19.6 Å². The highest BCUT2D eigenvalue weighted by molar-refractivity contribution is 7.80. The molecular formula is C10H18N4S. The average Bonchev–Trinajstić information content (AvgIpc) is 2.66. The van der Waals surface area contributed by atoms with E-state index in [1.54, 1.807) is 6.20 Å². The van der Waals surface area contributed by atoms with Crippen LogP contribution in [0.1, 0.15) is 6.92 Å². The summed E-state index contributed by atoms with van der Waals surface area (Å²) >= 11 is 4.93. The van der Waals surface area contributed by atoms with Gasteiger partial charge in [0.15, 0.2) is 0 Å². The number of rotatable bonds is 6. The van der Waals surface area contributed by atoms with Crippen LogP contribution >= 0.6 is 12.2 Å². The van der Waals surface area contributed by atoms with Crippen molar-refractivity contribution < 1.29 is 0 Å². The number of hydrogen-bond acceptors (Lipinski definition) is 3. The second kappa shape index (κ2) is 5.82. The first kappa shape index (κ1) is 12.1. The van der Waals surface area contributed by atoms with E-state index in [1.165, 1.54) is 0 Å². The van der Waals surface area contributed by atoms with Gasteiger partial charge in [0.25, 0.3) is 0 Å². The molecule has 15 heavy (non-hydrogen) atoms. The van der Waals surface area contributed by atoms with Crippen molar-refractivity contribution in [3.63, 3.8) is 0 Å². The molecule has 5 heteroatoms. The van der Waals surface area contributed by atoms with E-state index in [1.807, 2.05) is 23.9 Å². The smallest absolute Gasteiger partial charge is 0.0768 e. The third-order valence-corrected chi connectivity index (χ3v) is 2.74. The number of thiocarbonyl (C=S) groups is 1. The standard InChI is InChI=1S/C10H18N4S/c1-9(10(11)15)8-13(2)6-7-14-5-3-4-12-14/h3-5,9H,6-8H2,1-2H3,(H2,11,15). The molecule has 0 bridgehead atoms. The molecule has 0 spiro atoms. The Hall–Kier alpha value is -0.940. The Bertz CT molecular complexity index is 296. The highest BCUT2D eigenvalue weighted by Gasteiger charge is 2.08. The summed E-state index contributed by atoms with van der Waals surface area (Å²) in [5.41, 5.74) is 5.56. The van der Waals surface area contributed by atoms with Crippen LogP contribution in [0.5, 0.6) is 0 Å². The monoisotopic (exact) mass is 226 g/mol. The van der Waals surface area contributed by atoms with E-state index in [2.05, 4.69) is 17.0 Å². The summed E-state index contributed by atoms with van der Waals surface area (Å²) in [6.45, 7) is 4.80. The molecule has 2 N–H and O–H groups in total. The lowest BCUT2D eigenvalue weighted by atomic mass is 10.2. The summed E-state index contributed by atoms with van der Waals surface area (Å²) in [6, 6.07) is 1.93. The molecule has 0 saturated carbocycles. The van der Waals surface area contributed by atoms with E-state index >= 15 is 0 Å². The zero-order valence-corrected chi connectivity index (χ0v) is 10.1. The van der Waals surface area contributed by atoms with E-state index in [9.17, 15) is 0 Å². The molecule has 84 valence electrons. The lowest BCUT2D eigenvalue weighted by Crippen LogP contribution is -2.33. The first-order valence-corrected chi connectivity index (χ1v) is 5.45. The van der Waals surface area contributed by atoms with Gasteiger partial charge in [-0.25, -0.2) is 0 Å². The van der Waals surface area contributed by atoms with Gasteiger partial charge in [-0.3, -0.25) is 4.68 Å². The molecule has 0 aromatic carbocycles. The second-order valence-electron chi connectivity index (χ2n) is 3.83. The average molecular weight is 226 g/mol. The number of nitrogens with zero attached hydrogens (tertiary/aromatic N) is 3. The van der Waals surface area contributed by atoms with E-state index in [-0.39, 0.29) is 5.92 Å². The molecule has 0 aliphatic heterocycles. The molecule has 1 aromatic rings. The first-order chi connectivity index (χ1) is 7.09. The van der Waals surface area contributed by atoms with Gasteiger partial charge in [0, 0.05) is 31.4 Å². The van der Waals surface area contributed by atoms with Crippen LogP contribution in [0.25, 0.3) is 0 Å². The zero-order valence-electron chi connectivity index (χ0n) is 9.26. The van der Waals surface area contributed by atoms with Crippen molar-refractivity contribution in [1.29, 1.82) is 0 Å². The van der Waals surface area contributed by atoms with Crippen LogP contribution < -0.4 is 5.73 Å². The molecule has 0 aliphatic carbocycles. The van der Waals surface area contributed by atoms with Gasteiger partial charge in [-0.15, -0.1) is 0 Å². The predicted molar refractivity (Wildman–Crippen MR) is 65.7 cm³/mol. The molecule has 1 rings (SSSR count). The van der Waals surface area contributed by atoms with Gasteiger partial charge in [-0.05, 0) is 13.1 Å². The summed E-state index contributed by atoms with van der Waals surface area (Å²) in [7, 11) is 2.07. The van der Waals surface area contributed by atoms with Crippen molar-refractivity contribution in [3.8, 4) is 0 Å². The minimum Gasteiger partial charge on any atom is -0.393 e. The fourth-order valence-electron chi connectivity index (χ4n) is 1.35. The number of likely N-dealkylation sites (N-methyl/N-ethyl adjacent to an activating group) is 1. The maximum atomic E-state index is 5.56. The number of hydrogen-bond donors (Lipinski definition) is 1. The third kappa shape index (κ3) is 4.40. The van der Waals surface area contributed by atoms with Crippen LogP contribution in [0.15, 0.2) is 18.5 Å². The Morgan fingerprint density at radius 2 is 2.40 bits per heavy atom. The molecule has 1 heterocycles. The minimum absolute atomic E-state index is 0.266. The van der Waals surface area contributed by atoms with Crippen LogP contribution in [0, 0.1) is 5.92 Å². The fraction of sp³-hybridized carbons (Fsp3) is 0.600. The van der Waals surface area contributed by atoms with Crippen molar-refractivity contribution in [2.45, 2.75) is 13.5 Å². The van der Waals surface area contributed by atoms with Crippen LogP contribution in [-0.4, -0.2) is 39.8 Å². The lowest BCUT2D eigenvalue weighted by molar-refractivity contribution is 0.296. The van der Waals surface area contributed by atoms with Gasteiger partial charge in [-0.2, -0.15) is 5.10 Å². The molecule has 0 fully saturated rings. The van der Waals surface area contributed by atoms with Crippen molar-refractivity contribution in [1.82, 2.24) is 14.7 Å². The first-order valence-electron chi connectivity index (χ1n) is 5.05. The van der Waals surface area contributed by atoms with Gasteiger partial charge in [0.2, 0.25) is 0 Å². The molecule has 0 aliphatic rings. The molecule has 0 radical (unpaired) electrons. The van der Waals surface area contributed by atoms with Crippen LogP contribution in [0.4, 0.5) is 0 Å². The van der Waals surface area contributed by atoms with E-state index < -0.39 is 0 Å². The second-order valence-corrected chi connectivity index (χ2v) is 4.31.